The minimum atomic E-state index is -0.165. The van der Waals surface area contributed by atoms with E-state index in [1.807, 2.05) is 18.2 Å². The minimum absolute atomic E-state index is 0.165. The van der Waals surface area contributed by atoms with E-state index in [2.05, 4.69) is 37.9 Å². The van der Waals surface area contributed by atoms with E-state index in [9.17, 15) is 4.79 Å². The highest BCUT2D eigenvalue weighted by Crippen LogP contribution is 2.18. The lowest BCUT2D eigenvalue weighted by atomic mass is 10.2. The first kappa shape index (κ1) is 13.4. The van der Waals surface area contributed by atoms with Gasteiger partial charge in [0.25, 0.3) is 5.91 Å². The van der Waals surface area contributed by atoms with Gasteiger partial charge in [-0.15, -0.1) is 0 Å². The molecule has 0 bridgehead atoms. The van der Waals surface area contributed by atoms with E-state index in [1.165, 1.54) is 0 Å². The Labute approximate surface area is 123 Å². The van der Waals surface area contributed by atoms with Crippen LogP contribution in [0.4, 0.5) is 11.4 Å². The summed E-state index contributed by atoms with van der Waals surface area (Å²) in [4.78, 5) is 14.7. The van der Waals surface area contributed by atoms with Crippen molar-refractivity contribution in [3.8, 4) is 0 Å². The van der Waals surface area contributed by atoms with Crippen LogP contribution in [-0.4, -0.2) is 5.91 Å². The molecule has 6 heteroatoms. The summed E-state index contributed by atoms with van der Waals surface area (Å²) in [6.45, 7) is 0. The highest BCUT2D eigenvalue weighted by atomic mass is 127. The molecule has 0 aliphatic heterocycles. The second kappa shape index (κ2) is 6.21. The molecule has 1 amide bonds. The maximum atomic E-state index is 12.0. The number of anilines is 1. The number of nitrogens with one attached hydrogen (secondary N) is 1. The molecule has 2 aromatic rings. The van der Waals surface area contributed by atoms with Gasteiger partial charge in [0.05, 0.1) is 5.56 Å². The summed E-state index contributed by atoms with van der Waals surface area (Å²) in [6, 6.07) is 14.0. The van der Waals surface area contributed by atoms with Gasteiger partial charge in [0.2, 0.25) is 0 Å². The zero-order valence-electron chi connectivity index (χ0n) is 9.75. The van der Waals surface area contributed by atoms with Crippen LogP contribution < -0.4 is 5.32 Å². The second-order valence-corrected chi connectivity index (χ2v) is 4.83. The average Bonchev–Trinajstić information content (AvgIpc) is 2.42. The Bertz CT molecular complexity index is 648. The van der Waals surface area contributed by atoms with Crippen molar-refractivity contribution < 1.29 is 4.79 Å². The molecule has 0 atom stereocenters. The number of nitrogens with zero attached hydrogens (tertiary/aromatic N) is 3. The van der Waals surface area contributed by atoms with E-state index < -0.39 is 0 Å². The summed E-state index contributed by atoms with van der Waals surface area (Å²) in [7, 11) is 0. The molecule has 1 N–H and O–H groups in total. The molecule has 0 aliphatic carbocycles. The Morgan fingerprint density at radius 2 is 1.84 bits per heavy atom. The van der Waals surface area contributed by atoms with Crippen LogP contribution in [0.3, 0.4) is 0 Å². The number of halogens is 1. The highest BCUT2D eigenvalue weighted by molar-refractivity contribution is 14.1. The van der Waals surface area contributed by atoms with Crippen LogP contribution in [0.15, 0.2) is 53.6 Å². The van der Waals surface area contributed by atoms with E-state index >= 15 is 0 Å². The number of hydrogen-bond acceptors (Lipinski definition) is 2. The molecule has 19 heavy (non-hydrogen) atoms. The first-order valence-electron chi connectivity index (χ1n) is 5.42. The molecule has 0 aromatic heterocycles. The molecule has 0 unspecified atom stereocenters. The van der Waals surface area contributed by atoms with Crippen molar-refractivity contribution in [2.75, 3.05) is 5.32 Å². The predicted octanol–water partition coefficient (Wildman–Crippen LogP) is 4.49. The van der Waals surface area contributed by atoms with Gasteiger partial charge in [0.15, 0.2) is 0 Å². The third-order valence-electron chi connectivity index (χ3n) is 2.40. The summed E-state index contributed by atoms with van der Waals surface area (Å²) < 4.78 is 0.892. The Kier molecular flexibility index (Phi) is 4.38. The monoisotopic (exact) mass is 364 g/mol. The normalized spacial score (nSPS) is 9.53. The molecule has 0 aliphatic rings. The van der Waals surface area contributed by atoms with Gasteiger partial charge in [-0.25, -0.2) is 0 Å². The second-order valence-electron chi connectivity index (χ2n) is 3.67. The van der Waals surface area contributed by atoms with Gasteiger partial charge in [-0.2, -0.15) is 0 Å². The van der Waals surface area contributed by atoms with Gasteiger partial charge in [-0.05, 0) is 52.4 Å². The summed E-state index contributed by atoms with van der Waals surface area (Å²) in [6.07, 6.45) is 0. The number of rotatable bonds is 3. The molecule has 94 valence electrons. The minimum Gasteiger partial charge on any atom is -0.322 e. The number of benzene rings is 2. The number of azide groups is 1. The van der Waals surface area contributed by atoms with Gasteiger partial charge in [-0.3, -0.25) is 4.79 Å². The molecule has 5 nitrogen and oxygen atoms in total. The van der Waals surface area contributed by atoms with Crippen molar-refractivity contribution in [1.29, 1.82) is 0 Å². The van der Waals surface area contributed by atoms with Crippen molar-refractivity contribution in [3.05, 3.63) is 68.1 Å². The lowest BCUT2D eigenvalue weighted by Crippen LogP contribution is -2.13. The van der Waals surface area contributed by atoms with Gasteiger partial charge in [0.1, 0.15) is 0 Å². The average molecular weight is 364 g/mol. The van der Waals surface area contributed by atoms with Crippen LogP contribution in [0.1, 0.15) is 10.4 Å². The highest BCUT2D eigenvalue weighted by Gasteiger charge is 2.08. The summed E-state index contributed by atoms with van der Waals surface area (Å²) in [5.74, 6) is -0.165. The van der Waals surface area contributed by atoms with Gasteiger partial charge in [0, 0.05) is 19.9 Å². The van der Waals surface area contributed by atoms with E-state index in [0.717, 1.165) is 3.57 Å². The van der Waals surface area contributed by atoms with Crippen LogP contribution >= 0.6 is 22.6 Å². The Morgan fingerprint density at radius 1 is 1.16 bits per heavy atom. The van der Waals surface area contributed by atoms with Crippen LogP contribution in [-0.2, 0) is 0 Å². The lowest BCUT2D eigenvalue weighted by molar-refractivity contribution is 0.102. The number of carbonyl (C=O) groups is 1. The lowest BCUT2D eigenvalue weighted by Gasteiger charge is -2.06. The first-order valence-corrected chi connectivity index (χ1v) is 6.49. The largest absolute Gasteiger partial charge is 0.322 e. The maximum absolute atomic E-state index is 12.0. The number of amides is 1. The molecule has 0 spiro atoms. The molecule has 2 aromatic carbocycles. The molecule has 0 fully saturated rings. The summed E-state index contributed by atoms with van der Waals surface area (Å²) >= 11 is 2.12. The topological polar surface area (TPSA) is 77.9 Å². The fourth-order valence-electron chi connectivity index (χ4n) is 1.51. The first-order chi connectivity index (χ1) is 9.20. The third kappa shape index (κ3) is 3.46. The van der Waals surface area contributed by atoms with Crippen LogP contribution in [0.25, 0.3) is 10.4 Å². The van der Waals surface area contributed by atoms with E-state index in [0.29, 0.717) is 16.9 Å². The molecule has 0 saturated carbocycles. The Hall–Kier alpha value is -2.05. The zero-order valence-corrected chi connectivity index (χ0v) is 11.9. The third-order valence-corrected chi connectivity index (χ3v) is 3.34. The molecule has 2 rings (SSSR count). The Morgan fingerprint density at radius 3 is 2.47 bits per heavy atom. The number of carbonyl (C=O) groups excluding carboxylic acids is 1. The molecular formula is C13H9IN4O. The van der Waals surface area contributed by atoms with Crippen molar-refractivity contribution in [2.45, 2.75) is 0 Å². The van der Waals surface area contributed by atoms with Gasteiger partial charge < -0.3 is 5.32 Å². The van der Waals surface area contributed by atoms with Crippen molar-refractivity contribution >= 4 is 39.9 Å². The van der Waals surface area contributed by atoms with Crippen molar-refractivity contribution in [2.24, 2.45) is 5.11 Å². The van der Waals surface area contributed by atoms with E-state index in [-0.39, 0.29) is 5.91 Å². The van der Waals surface area contributed by atoms with Gasteiger partial charge in [-0.1, -0.05) is 29.4 Å². The maximum Gasteiger partial charge on any atom is 0.256 e. The fourth-order valence-corrected chi connectivity index (χ4v) is 2.14. The van der Waals surface area contributed by atoms with Crippen LogP contribution in [0.2, 0.25) is 0 Å². The number of hydrogen-bond donors (Lipinski definition) is 1. The van der Waals surface area contributed by atoms with Crippen LogP contribution in [0.5, 0.6) is 0 Å². The predicted molar refractivity (Wildman–Crippen MR) is 82.4 cm³/mol. The molecule has 0 saturated heterocycles. The molecule has 0 heterocycles. The summed E-state index contributed by atoms with van der Waals surface area (Å²) in [5.41, 5.74) is 10.1. The SMILES string of the molecule is [N-]=[N+]=Nc1ccc(NC(=O)c2ccccc2I)cc1. The fraction of sp³-hybridized carbons (Fsp3) is 0. The van der Waals surface area contributed by atoms with Crippen molar-refractivity contribution in [3.63, 3.8) is 0 Å². The standard InChI is InChI=1S/C13H9IN4O/c14-12-4-2-1-3-11(12)13(19)16-9-5-7-10(8-6-9)17-18-15/h1-8H,(H,16,19). The smallest absolute Gasteiger partial charge is 0.256 e. The van der Waals surface area contributed by atoms with Gasteiger partial charge >= 0.3 is 0 Å². The molecular weight excluding hydrogens is 355 g/mol. The van der Waals surface area contributed by atoms with E-state index in [1.54, 1.807) is 30.3 Å². The zero-order chi connectivity index (χ0) is 13.7. The summed E-state index contributed by atoms with van der Waals surface area (Å²) in [5, 5.41) is 6.26. The van der Waals surface area contributed by atoms with Crippen molar-refractivity contribution in [1.82, 2.24) is 0 Å². The van der Waals surface area contributed by atoms with Crippen LogP contribution in [0, 0.1) is 3.57 Å². The molecule has 0 radical (unpaired) electrons. The quantitative estimate of drug-likeness (QED) is 0.371. The Balaban J connectivity index is 2.15. The van der Waals surface area contributed by atoms with E-state index in [4.69, 9.17) is 5.53 Å².